The molecule has 0 bridgehead atoms. The van der Waals surface area contributed by atoms with Gasteiger partial charge in [-0.15, -0.1) is 10.2 Å². The highest BCUT2D eigenvalue weighted by atomic mass is 32.1. The van der Waals surface area contributed by atoms with Gasteiger partial charge in [0, 0.05) is 24.3 Å². The zero-order valence-electron chi connectivity index (χ0n) is 16.5. The second-order valence-electron chi connectivity index (χ2n) is 7.95. The third-order valence-corrected chi connectivity index (χ3v) is 5.80. The van der Waals surface area contributed by atoms with Gasteiger partial charge in [0.15, 0.2) is 0 Å². The predicted octanol–water partition coefficient (Wildman–Crippen LogP) is 3.00. The summed E-state index contributed by atoms with van der Waals surface area (Å²) in [5.74, 6) is 0. The molecule has 1 aliphatic carbocycles. The molecular formula is C18H28N6O2S. The lowest BCUT2D eigenvalue weighted by Gasteiger charge is -2.45. The zero-order valence-corrected chi connectivity index (χ0v) is 17.4. The van der Waals surface area contributed by atoms with Crippen LogP contribution in [-0.2, 0) is 9.47 Å². The van der Waals surface area contributed by atoms with Crippen LogP contribution in [0.25, 0.3) is 0 Å². The largest absolute Gasteiger partial charge is 0.373 e. The Balaban J connectivity index is 1.66. The lowest BCUT2D eigenvalue weighted by Crippen LogP contribution is -2.47. The maximum atomic E-state index is 6.38. The monoisotopic (exact) mass is 392 g/mol. The number of aromatic nitrogens is 6. The third-order valence-electron chi connectivity index (χ3n) is 5.54. The standard InChI is InChI=1S/C18H28N6O2S/c1-9(2)25-16-7-15-17(26-11(4)18-10(3)19-22-24(15)18)6-14(16)23-8-13(12(5)27)20-21-23/h8-9,11-12,14-17,27H,6-7H2,1-5H3. The lowest BCUT2D eigenvalue weighted by molar-refractivity contribution is -0.137. The second-order valence-corrected chi connectivity index (χ2v) is 8.72. The van der Waals surface area contributed by atoms with Crippen molar-refractivity contribution < 1.29 is 9.47 Å². The Morgan fingerprint density at radius 2 is 1.96 bits per heavy atom. The topological polar surface area (TPSA) is 79.9 Å². The van der Waals surface area contributed by atoms with Crippen LogP contribution in [0.3, 0.4) is 0 Å². The van der Waals surface area contributed by atoms with Gasteiger partial charge in [-0.05, 0) is 34.6 Å². The fourth-order valence-corrected chi connectivity index (χ4v) is 4.47. The second kappa shape index (κ2) is 7.18. The normalized spacial score (nSPS) is 31.6. The van der Waals surface area contributed by atoms with E-state index in [-0.39, 0.29) is 41.7 Å². The molecule has 6 atom stereocenters. The van der Waals surface area contributed by atoms with E-state index in [2.05, 4.69) is 58.7 Å². The van der Waals surface area contributed by atoms with Crippen molar-refractivity contribution in [1.29, 1.82) is 0 Å². The molecule has 1 fully saturated rings. The molecule has 9 heteroatoms. The van der Waals surface area contributed by atoms with Gasteiger partial charge in [-0.2, -0.15) is 12.6 Å². The van der Waals surface area contributed by atoms with E-state index < -0.39 is 0 Å². The van der Waals surface area contributed by atoms with Crippen molar-refractivity contribution in [2.24, 2.45) is 0 Å². The highest BCUT2D eigenvalue weighted by Crippen LogP contribution is 2.44. The minimum atomic E-state index is -0.0201. The van der Waals surface area contributed by atoms with Crippen LogP contribution in [0.15, 0.2) is 6.20 Å². The summed E-state index contributed by atoms with van der Waals surface area (Å²) < 4.78 is 16.7. The maximum Gasteiger partial charge on any atom is 0.0987 e. The Bertz CT molecular complexity index is 804. The van der Waals surface area contributed by atoms with E-state index in [0.29, 0.717) is 0 Å². The molecule has 0 N–H and O–H groups in total. The van der Waals surface area contributed by atoms with Gasteiger partial charge in [0.2, 0.25) is 0 Å². The van der Waals surface area contributed by atoms with Crippen LogP contribution in [0.2, 0.25) is 0 Å². The van der Waals surface area contributed by atoms with Crippen molar-refractivity contribution >= 4 is 12.6 Å². The van der Waals surface area contributed by atoms with Gasteiger partial charge in [0.25, 0.3) is 0 Å². The molecule has 4 rings (SSSR count). The minimum absolute atomic E-state index is 0.00499. The van der Waals surface area contributed by atoms with Crippen LogP contribution >= 0.6 is 12.6 Å². The fraction of sp³-hybridized carbons (Fsp3) is 0.778. The summed E-state index contributed by atoms with van der Waals surface area (Å²) in [4.78, 5) is 0. The Kier molecular flexibility index (Phi) is 5.02. The van der Waals surface area contributed by atoms with Crippen molar-refractivity contribution in [3.63, 3.8) is 0 Å². The molecule has 6 unspecified atom stereocenters. The molecule has 1 saturated carbocycles. The number of hydrogen-bond donors (Lipinski definition) is 1. The van der Waals surface area contributed by atoms with E-state index in [4.69, 9.17) is 9.47 Å². The summed E-state index contributed by atoms with van der Waals surface area (Å²) in [6, 6.07) is 0.199. The molecule has 148 valence electrons. The van der Waals surface area contributed by atoms with Crippen LogP contribution in [-0.4, -0.2) is 48.3 Å². The van der Waals surface area contributed by atoms with Crippen LogP contribution in [0.5, 0.6) is 0 Å². The molecule has 0 saturated heterocycles. The smallest absolute Gasteiger partial charge is 0.0987 e. The molecule has 27 heavy (non-hydrogen) atoms. The minimum Gasteiger partial charge on any atom is -0.373 e. The average Bonchev–Trinajstić information content (AvgIpc) is 3.22. The van der Waals surface area contributed by atoms with Gasteiger partial charge in [-0.3, -0.25) is 0 Å². The highest BCUT2D eigenvalue weighted by Gasteiger charge is 2.46. The summed E-state index contributed by atoms with van der Waals surface area (Å²) in [7, 11) is 0. The SMILES string of the molecule is Cc1nnn2c1C(C)OC1CC(n3cc(C(C)S)nn3)C(OC(C)C)CC12. The van der Waals surface area contributed by atoms with Crippen molar-refractivity contribution in [3.8, 4) is 0 Å². The molecular weight excluding hydrogens is 364 g/mol. The molecule has 3 heterocycles. The number of ether oxygens (including phenoxy) is 2. The van der Waals surface area contributed by atoms with Crippen LogP contribution < -0.4 is 0 Å². The van der Waals surface area contributed by atoms with Crippen LogP contribution in [0.1, 0.15) is 81.1 Å². The van der Waals surface area contributed by atoms with Crippen molar-refractivity contribution in [1.82, 2.24) is 30.0 Å². The van der Waals surface area contributed by atoms with Crippen molar-refractivity contribution in [3.05, 3.63) is 23.3 Å². The number of rotatable bonds is 4. The number of nitrogens with zero attached hydrogens (tertiary/aromatic N) is 6. The van der Waals surface area contributed by atoms with Crippen molar-refractivity contribution in [2.45, 2.75) is 89.2 Å². The molecule has 0 amide bonds. The van der Waals surface area contributed by atoms with Crippen LogP contribution in [0, 0.1) is 6.92 Å². The lowest BCUT2D eigenvalue weighted by atomic mass is 9.84. The first kappa shape index (κ1) is 18.9. The van der Waals surface area contributed by atoms with Gasteiger partial charge in [-0.1, -0.05) is 10.4 Å². The quantitative estimate of drug-likeness (QED) is 0.806. The Labute approximate surface area is 165 Å². The molecule has 0 spiro atoms. The van der Waals surface area contributed by atoms with Gasteiger partial charge < -0.3 is 9.47 Å². The molecule has 8 nitrogen and oxygen atoms in total. The van der Waals surface area contributed by atoms with Gasteiger partial charge in [-0.25, -0.2) is 9.36 Å². The number of hydrogen-bond acceptors (Lipinski definition) is 7. The molecule has 2 aromatic heterocycles. The summed E-state index contributed by atoms with van der Waals surface area (Å²) in [5, 5.41) is 17.4. The highest BCUT2D eigenvalue weighted by molar-refractivity contribution is 7.80. The fourth-order valence-electron chi connectivity index (χ4n) is 4.35. The molecule has 1 aliphatic heterocycles. The molecule has 2 aliphatic rings. The van der Waals surface area contributed by atoms with E-state index in [9.17, 15) is 0 Å². The summed E-state index contributed by atoms with van der Waals surface area (Å²) in [6.07, 6.45) is 3.75. The van der Waals surface area contributed by atoms with E-state index in [0.717, 1.165) is 29.9 Å². The average molecular weight is 393 g/mol. The first-order valence-corrected chi connectivity index (χ1v) is 10.2. The van der Waals surface area contributed by atoms with Crippen LogP contribution in [0.4, 0.5) is 0 Å². The van der Waals surface area contributed by atoms with E-state index >= 15 is 0 Å². The molecule has 0 aromatic carbocycles. The maximum absolute atomic E-state index is 6.38. The zero-order chi connectivity index (χ0) is 19.3. The number of aryl methyl sites for hydroxylation is 1. The third kappa shape index (κ3) is 3.40. The summed E-state index contributed by atoms with van der Waals surface area (Å²) in [6.45, 7) is 10.2. The van der Waals surface area contributed by atoms with Crippen molar-refractivity contribution in [2.75, 3.05) is 0 Å². The Morgan fingerprint density at radius 3 is 2.63 bits per heavy atom. The van der Waals surface area contributed by atoms with Gasteiger partial charge >= 0.3 is 0 Å². The van der Waals surface area contributed by atoms with Gasteiger partial charge in [0.05, 0.1) is 53.6 Å². The molecule has 2 aromatic rings. The first-order valence-electron chi connectivity index (χ1n) is 9.67. The summed E-state index contributed by atoms with van der Waals surface area (Å²) >= 11 is 4.47. The Hall–Kier alpha value is -1.45. The van der Waals surface area contributed by atoms with E-state index in [1.807, 2.05) is 24.7 Å². The molecule has 0 radical (unpaired) electrons. The number of fused-ring (bicyclic) bond motifs is 3. The number of thiol groups is 1. The predicted molar refractivity (Wildman–Crippen MR) is 103 cm³/mol. The first-order chi connectivity index (χ1) is 12.8. The van der Waals surface area contributed by atoms with E-state index in [1.165, 1.54) is 0 Å². The Morgan fingerprint density at radius 1 is 1.19 bits per heavy atom. The van der Waals surface area contributed by atoms with Gasteiger partial charge in [0.1, 0.15) is 0 Å². The summed E-state index contributed by atoms with van der Waals surface area (Å²) in [5.41, 5.74) is 2.88. The van der Waals surface area contributed by atoms with E-state index in [1.54, 1.807) is 0 Å².